The normalized spacial score (nSPS) is 11.0. The molecule has 0 bridgehead atoms. The predicted molar refractivity (Wildman–Crippen MR) is 185 cm³/mol. The van der Waals surface area contributed by atoms with Gasteiger partial charge >= 0.3 is 0 Å². The molecule has 5 aromatic rings. The number of non-ortho nitro benzene ring substituents is 1. The zero-order valence-corrected chi connectivity index (χ0v) is 26.8. The number of methoxy groups -OCH3 is 1. The van der Waals surface area contributed by atoms with E-state index in [1.165, 1.54) is 60.5 Å². The summed E-state index contributed by atoms with van der Waals surface area (Å²) < 4.78 is 5.34. The van der Waals surface area contributed by atoms with Crippen LogP contribution in [0.25, 0.3) is 17.3 Å². The average molecular weight is 682 g/mol. The lowest BCUT2D eigenvalue weighted by molar-refractivity contribution is -0.384. The highest BCUT2D eigenvalue weighted by atomic mass is 32.2. The summed E-state index contributed by atoms with van der Waals surface area (Å²) >= 11 is 2.44. The van der Waals surface area contributed by atoms with Crippen LogP contribution in [0.5, 0.6) is 11.5 Å². The summed E-state index contributed by atoms with van der Waals surface area (Å²) in [6.07, 6.45) is 1.44. The number of nitro benzene ring substituents is 1. The first kappa shape index (κ1) is 33.4. The van der Waals surface area contributed by atoms with Crippen LogP contribution in [-0.4, -0.2) is 45.6 Å². The molecule has 0 atom stereocenters. The van der Waals surface area contributed by atoms with Gasteiger partial charge in [0.15, 0.2) is 5.13 Å². The number of ether oxygens (including phenoxy) is 1. The Morgan fingerprint density at radius 2 is 1.77 bits per heavy atom. The number of aromatic nitrogens is 1. The third kappa shape index (κ3) is 8.84. The smallest absolute Gasteiger partial charge is 0.272 e. The standard InChI is InChI=1S/C34H27N5O7S2/c1-46-30-18-26(40)14-13-23(30)16-28(36-32(42)21-7-3-2-4-8-21)33(43)35-24-10-6-12-27(17-24)47-20-31(41)38-34-37-29(19-48-34)22-9-5-11-25(15-22)39(44)45/h2-19,40H,20H2,1H3,(H,35,43)(H,36,42)(H,37,38,41)/b28-16+. The van der Waals surface area contributed by atoms with Crippen molar-refractivity contribution < 1.29 is 29.2 Å². The Labute approximate surface area is 282 Å². The highest BCUT2D eigenvalue weighted by Crippen LogP contribution is 2.29. The molecular formula is C34H27N5O7S2. The van der Waals surface area contributed by atoms with Crippen LogP contribution in [0.2, 0.25) is 0 Å². The first-order valence-corrected chi connectivity index (χ1v) is 16.0. The molecule has 48 heavy (non-hydrogen) atoms. The van der Waals surface area contributed by atoms with Crippen LogP contribution >= 0.6 is 23.1 Å². The van der Waals surface area contributed by atoms with Gasteiger partial charge in [-0.2, -0.15) is 0 Å². The fourth-order valence-electron chi connectivity index (χ4n) is 4.33. The number of carbonyl (C=O) groups is 3. The molecule has 0 saturated carbocycles. The molecule has 4 aromatic carbocycles. The number of carbonyl (C=O) groups excluding carboxylic acids is 3. The molecule has 1 aromatic heterocycles. The summed E-state index contributed by atoms with van der Waals surface area (Å²) in [4.78, 5) is 54.9. The summed E-state index contributed by atoms with van der Waals surface area (Å²) in [6.45, 7) is 0. The predicted octanol–water partition coefficient (Wildman–Crippen LogP) is 6.57. The summed E-state index contributed by atoms with van der Waals surface area (Å²) in [5, 5.41) is 31.2. The Kier molecular flexibility index (Phi) is 10.8. The van der Waals surface area contributed by atoms with Crippen molar-refractivity contribution in [3.8, 4) is 22.8 Å². The number of anilines is 2. The van der Waals surface area contributed by atoms with E-state index < -0.39 is 16.7 Å². The van der Waals surface area contributed by atoms with Gasteiger partial charge in [0.2, 0.25) is 5.91 Å². The Hall–Kier alpha value is -5.99. The van der Waals surface area contributed by atoms with Crippen LogP contribution in [0.15, 0.2) is 113 Å². The fourth-order valence-corrected chi connectivity index (χ4v) is 5.82. The van der Waals surface area contributed by atoms with Crippen LogP contribution in [0.1, 0.15) is 15.9 Å². The van der Waals surface area contributed by atoms with Gasteiger partial charge in [-0.3, -0.25) is 24.5 Å². The number of thiazole rings is 1. The highest BCUT2D eigenvalue weighted by Gasteiger charge is 2.17. The van der Waals surface area contributed by atoms with E-state index >= 15 is 0 Å². The van der Waals surface area contributed by atoms with Gasteiger partial charge in [0, 0.05) is 50.9 Å². The second-order valence-electron chi connectivity index (χ2n) is 9.97. The van der Waals surface area contributed by atoms with E-state index in [1.807, 2.05) is 0 Å². The number of hydrogen-bond acceptors (Lipinski definition) is 10. The summed E-state index contributed by atoms with van der Waals surface area (Å²) in [7, 11) is 1.42. The second-order valence-corrected chi connectivity index (χ2v) is 11.9. The zero-order chi connectivity index (χ0) is 34.0. The van der Waals surface area contributed by atoms with Crippen LogP contribution in [0.4, 0.5) is 16.5 Å². The molecule has 242 valence electrons. The van der Waals surface area contributed by atoms with Crippen molar-refractivity contribution in [2.75, 3.05) is 23.5 Å². The lowest BCUT2D eigenvalue weighted by Gasteiger charge is -2.13. The summed E-state index contributed by atoms with van der Waals surface area (Å²) in [5.74, 6) is -1.11. The van der Waals surface area contributed by atoms with Gasteiger partial charge in [-0.1, -0.05) is 36.4 Å². The molecule has 12 nitrogen and oxygen atoms in total. The third-order valence-corrected chi connectivity index (χ3v) is 8.36. The number of hydrogen-bond donors (Lipinski definition) is 4. The molecule has 0 unspecified atom stereocenters. The monoisotopic (exact) mass is 681 g/mol. The molecule has 0 radical (unpaired) electrons. The van der Waals surface area contributed by atoms with E-state index in [-0.39, 0.29) is 28.8 Å². The van der Waals surface area contributed by atoms with E-state index in [0.29, 0.717) is 43.8 Å². The molecular weight excluding hydrogens is 655 g/mol. The van der Waals surface area contributed by atoms with Crippen molar-refractivity contribution >= 4 is 63.4 Å². The van der Waals surface area contributed by atoms with Crippen molar-refractivity contribution in [1.82, 2.24) is 10.3 Å². The molecule has 0 aliphatic carbocycles. The van der Waals surface area contributed by atoms with Gasteiger partial charge in [-0.25, -0.2) is 4.98 Å². The maximum Gasteiger partial charge on any atom is 0.272 e. The van der Waals surface area contributed by atoms with Gasteiger partial charge in [0.25, 0.3) is 17.5 Å². The molecule has 0 spiro atoms. The molecule has 1 heterocycles. The molecule has 0 aliphatic heterocycles. The lowest BCUT2D eigenvalue weighted by Crippen LogP contribution is -2.30. The molecule has 14 heteroatoms. The number of thioether (sulfide) groups is 1. The quantitative estimate of drug-likeness (QED) is 0.0492. The number of amides is 3. The molecule has 3 amide bonds. The van der Waals surface area contributed by atoms with E-state index in [4.69, 9.17) is 4.74 Å². The SMILES string of the molecule is COc1cc(O)ccc1/C=C(/NC(=O)c1ccccc1)C(=O)Nc1cccc(SCC(=O)Nc2nc(-c3cccc([N+](=O)[O-])c3)cs2)c1. The molecule has 0 fully saturated rings. The maximum absolute atomic E-state index is 13.5. The number of benzene rings is 4. The second kappa shape index (κ2) is 15.5. The Morgan fingerprint density at radius 3 is 2.54 bits per heavy atom. The Bertz CT molecular complexity index is 2010. The number of phenols is 1. The van der Waals surface area contributed by atoms with E-state index in [1.54, 1.807) is 78.2 Å². The minimum absolute atomic E-state index is 0.0248. The van der Waals surface area contributed by atoms with Gasteiger partial charge in [0.05, 0.1) is 23.5 Å². The average Bonchev–Trinajstić information content (AvgIpc) is 3.56. The fraction of sp³-hybridized carbons (Fsp3) is 0.0588. The number of rotatable bonds is 12. The number of aromatic hydroxyl groups is 1. The highest BCUT2D eigenvalue weighted by molar-refractivity contribution is 8.00. The number of phenolic OH excluding ortho intramolecular Hbond substituents is 1. The van der Waals surface area contributed by atoms with Crippen molar-refractivity contribution in [2.45, 2.75) is 4.90 Å². The van der Waals surface area contributed by atoms with Crippen molar-refractivity contribution in [1.29, 1.82) is 0 Å². The van der Waals surface area contributed by atoms with E-state index in [0.717, 1.165) is 0 Å². The van der Waals surface area contributed by atoms with Gasteiger partial charge in [-0.15, -0.1) is 23.1 Å². The molecule has 0 aliphatic rings. The van der Waals surface area contributed by atoms with Crippen LogP contribution < -0.4 is 20.7 Å². The van der Waals surface area contributed by atoms with Crippen molar-refractivity contribution in [2.24, 2.45) is 0 Å². The first-order valence-electron chi connectivity index (χ1n) is 14.2. The van der Waals surface area contributed by atoms with Crippen LogP contribution in [0, 0.1) is 10.1 Å². The summed E-state index contributed by atoms with van der Waals surface area (Å²) in [5.41, 5.74) is 2.16. The molecule has 0 saturated heterocycles. The Morgan fingerprint density at radius 1 is 0.979 bits per heavy atom. The molecule has 4 N–H and O–H groups in total. The number of nitrogens with one attached hydrogen (secondary N) is 3. The van der Waals surface area contributed by atoms with E-state index in [9.17, 15) is 29.6 Å². The van der Waals surface area contributed by atoms with Crippen molar-refractivity contribution in [3.63, 3.8) is 0 Å². The largest absolute Gasteiger partial charge is 0.508 e. The maximum atomic E-state index is 13.5. The number of nitrogens with zero attached hydrogens (tertiary/aromatic N) is 2. The zero-order valence-electron chi connectivity index (χ0n) is 25.2. The Balaban J connectivity index is 1.25. The number of nitro groups is 1. The first-order chi connectivity index (χ1) is 23.2. The third-order valence-electron chi connectivity index (χ3n) is 6.61. The van der Waals surface area contributed by atoms with Crippen LogP contribution in [-0.2, 0) is 9.59 Å². The van der Waals surface area contributed by atoms with E-state index in [2.05, 4.69) is 20.9 Å². The summed E-state index contributed by atoms with van der Waals surface area (Å²) in [6, 6.07) is 25.8. The van der Waals surface area contributed by atoms with Gasteiger partial charge in [0.1, 0.15) is 17.2 Å². The minimum Gasteiger partial charge on any atom is -0.508 e. The lowest BCUT2D eigenvalue weighted by atomic mass is 10.1. The van der Waals surface area contributed by atoms with Gasteiger partial charge < -0.3 is 25.8 Å². The topological polar surface area (TPSA) is 173 Å². The van der Waals surface area contributed by atoms with Crippen LogP contribution in [0.3, 0.4) is 0 Å². The van der Waals surface area contributed by atoms with Gasteiger partial charge in [-0.05, 0) is 48.5 Å². The minimum atomic E-state index is -0.613. The van der Waals surface area contributed by atoms with Crippen molar-refractivity contribution in [3.05, 3.63) is 129 Å². The molecule has 5 rings (SSSR count).